The largest absolute Gasteiger partial charge is 0.478 e. The first kappa shape index (κ1) is 11.3. The number of thioether (sulfide) groups is 1. The zero-order valence-electron chi connectivity index (χ0n) is 7.90. The highest BCUT2D eigenvalue weighted by molar-refractivity contribution is 8.01. The molecule has 2 nitrogen and oxygen atoms in total. The van der Waals surface area contributed by atoms with Gasteiger partial charge in [-0.2, -0.15) is 0 Å². The summed E-state index contributed by atoms with van der Waals surface area (Å²) in [4.78, 5) is 10.6. The summed E-state index contributed by atoms with van der Waals surface area (Å²) in [5.41, 5.74) is 0.494. The van der Waals surface area contributed by atoms with Crippen molar-refractivity contribution in [1.29, 1.82) is 0 Å². The molecule has 1 heterocycles. The van der Waals surface area contributed by atoms with E-state index >= 15 is 0 Å². The Morgan fingerprint density at radius 1 is 1.71 bits per heavy atom. The van der Waals surface area contributed by atoms with Crippen molar-refractivity contribution in [3.8, 4) is 0 Å². The minimum absolute atomic E-state index is 0.494. The van der Waals surface area contributed by atoms with E-state index in [1.54, 1.807) is 29.2 Å². The van der Waals surface area contributed by atoms with Gasteiger partial charge < -0.3 is 5.11 Å². The maximum Gasteiger partial charge on any atom is 0.331 e. The van der Waals surface area contributed by atoms with Gasteiger partial charge in [-0.05, 0) is 17.9 Å². The van der Waals surface area contributed by atoms with Crippen LogP contribution < -0.4 is 0 Å². The van der Waals surface area contributed by atoms with Crippen LogP contribution in [0.25, 0.3) is 0 Å². The molecule has 0 aliphatic heterocycles. The van der Waals surface area contributed by atoms with E-state index in [1.165, 1.54) is 4.21 Å². The summed E-state index contributed by atoms with van der Waals surface area (Å²) in [6.45, 7) is 1.86. The molecule has 0 radical (unpaired) electrons. The van der Waals surface area contributed by atoms with E-state index in [-0.39, 0.29) is 0 Å². The van der Waals surface area contributed by atoms with Gasteiger partial charge in [-0.15, -0.1) is 23.1 Å². The average molecular weight is 228 g/mol. The van der Waals surface area contributed by atoms with E-state index in [9.17, 15) is 4.79 Å². The molecule has 14 heavy (non-hydrogen) atoms. The first-order valence-corrected chi connectivity index (χ1v) is 6.19. The van der Waals surface area contributed by atoms with Crippen molar-refractivity contribution in [1.82, 2.24) is 0 Å². The molecule has 0 saturated carbocycles. The van der Waals surface area contributed by atoms with Gasteiger partial charge in [0.25, 0.3) is 0 Å². The quantitative estimate of drug-likeness (QED) is 0.621. The fourth-order valence-corrected chi connectivity index (χ4v) is 2.67. The lowest BCUT2D eigenvalue weighted by atomic mass is 10.2. The Labute approximate surface area is 91.7 Å². The van der Waals surface area contributed by atoms with Crippen molar-refractivity contribution in [2.24, 2.45) is 0 Å². The third-order valence-corrected chi connectivity index (χ3v) is 3.76. The Morgan fingerprint density at radius 2 is 2.50 bits per heavy atom. The topological polar surface area (TPSA) is 37.3 Å². The maximum atomic E-state index is 10.6. The lowest BCUT2D eigenvalue weighted by molar-refractivity contribution is -0.132. The normalized spacial score (nSPS) is 11.6. The maximum absolute atomic E-state index is 10.6. The van der Waals surface area contributed by atoms with Crippen LogP contribution in [0.1, 0.15) is 13.3 Å². The fourth-order valence-electron chi connectivity index (χ4n) is 0.953. The molecule has 0 amide bonds. The van der Waals surface area contributed by atoms with Gasteiger partial charge in [0.1, 0.15) is 0 Å². The van der Waals surface area contributed by atoms with Gasteiger partial charge in [0, 0.05) is 11.3 Å². The van der Waals surface area contributed by atoms with Crippen molar-refractivity contribution in [2.75, 3.05) is 5.75 Å². The molecule has 1 aromatic rings. The summed E-state index contributed by atoms with van der Waals surface area (Å²) >= 11 is 3.34. The third-order valence-electron chi connectivity index (χ3n) is 1.71. The Balaban J connectivity index is 2.42. The predicted octanol–water partition coefficient (Wildman–Crippen LogP) is 3.26. The van der Waals surface area contributed by atoms with Gasteiger partial charge >= 0.3 is 5.97 Å². The van der Waals surface area contributed by atoms with E-state index in [1.807, 2.05) is 24.4 Å². The van der Waals surface area contributed by atoms with Gasteiger partial charge in [-0.3, -0.25) is 0 Å². The highest BCUT2D eigenvalue weighted by Crippen LogP contribution is 2.23. The van der Waals surface area contributed by atoms with Crippen LogP contribution in [0.2, 0.25) is 0 Å². The van der Waals surface area contributed by atoms with Crippen molar-refractivity contribution in [2.45, 2.75) is 17.6 Å². The molecule has 0 aliphatic rings. The summed E-state index contributed by atoms with van der Waals surface area (Å²) in [5.74, 6) is -0.0741. The highest BCUT2D eigenvalue weighted by Gasteiger charge is 2.02. The van der Waals surface area contributed by atoms with E-state index in [0.717, 1.165) is 5.75 Å². The summed E-state index contributed by atoms with van der Waals surface area (Å²) in [6.07, 6.45) is 2.37. The number of carboxylic acid groups (broad SMARTS) is 1. The number of hydrogen-bond acceptors (Lipinski definition) is 3. The Morgan fingerprint density at radius 3 is 3.00 bits per heavy atom. The highest BCUT2D eigenvalue weighted by atomic mass is 32.2. The Kier molecular flexibility index (Phi) is 4.76. The van der Waals surface area contributed by atoms with Crippen molar-refractivity contribution in [3.63, 3.8) is 0 Å². The summed E-state index contributed by atoms with van der Waals surface area (Å²) in [5, 5.41) is 10.8. The molecule has 76 valence electrons. The zero-order chi connectivity index (χ0) is 10.4. The number of carbonyl (C=O) groups is 1. The van der Waals surface area contributed by atoms with Crippen molar-refractivity contribution in [3.05, 3.63) is 29.2 Å². The van der Waals surface area contributed by atoms with Gasteiger partial charge in [0.05, 0.1) is 4.21 Å². The van der Waals surface area contributed by atoms with Crippen LogP contribution in [0, 0.1) is 0 Å². The van der Waals surface area contributed by atoms with Crippen LogP contribution in [0.15, 0.2) is 33.4 Å². The molecule has 4 heteroatoms. The lowest BCUT2D eigenvalue weighted by Gasteiger charge is -1.97. The Hall–Kier alpha value is -0.740. The molecule has 0 bridgehead atoms. The molecule has 0 aromatic carbocycles. The van der Waals surface area contributed by atoms with Crippen LogP contribution in [0.4, 0.5) is 0 Å². The molecule has 0 unspecified atom stereocenters. The standard InChI is InChI=1S/C10H12O2S2/c1-2-8(10(11)12)5-7-14-9-4-3-6-13-9/h3-6H,2,7H2,1H3,(H,11,12). The molecule has 0 fully saturated rings. The minimum atomic E-state index is -0.806. The first-order valence-electron chi connectivity index (χ1n) is 4.32. The molecular formula is C10H12O2S2. The number of aliphatic carboxylic acids is 1. The molecule has 1 N–H and O–H groups in total. The molecule has 1 rings (SSSR count). The third kappa shape index (κ3) is 3.55. The molecule has 0 spiro atoms. The number of rotatable bonds is 5. The van der Waals surface area contributed by atoms with E-state index in [0.29, 0.717) is 12.0 Å². The minimum Gasteiger partial charge on any atom is -0.478 e. The van der Waals surface area contributed by atoms with Crippen LogP contribution in [-0.4, -0.2) is 16.8 Å². The average Bonchev–Trinajstić information content (AvgIpc) is 2.64. The molecule has 0 aliphatic carbocycles. The van der Waals surface area contributed by atoms with Crippen molar-refractivity contribution >= 4 is 29.1 Å². The van der Waals surface area contributed by atoms with Crippen LogP contribution in [0.5, 0.6) is 0 Å². The summed E-state index contributed by atoms with van der Waals surface area (Å²) in [6, 6.07) is 4.03. The molecule has 0 atom stereocenters. The summed E-state index contributed by atoms with van der Waals surface area (Å²) in [7, 11) is 0. The van der Waals surface area contributed by atoms with Gasteiger partial charge in [0.15, 0.2) is 0 Å². The molecule has 0 saturated heterocycles. The van der Waals surface area contributed by atoms with Gasteiger partial charge in [-0.25, -0.2) is 4.79 Å². The zero-order valence-corrected chi connectivity index (χ0v) is 9.53. The Bertz CT molecular complexity index is 315. The summed E-state index contributed by atoms with van der Waals surface area (Å²) < 4.78 is 1.22. The van der Waals surface area contributed by atoms with E-state index in [2.05, 4.69) is 0 Å². The van der Waals surface area contributed by atoms with Gasteiger partial charge in [-0.1, -0.05) is 19.1 Å². The number of hydrogen-bond donors (Lipinski definition) is 1. The van der Waals surface area contributed by atoms with Crippen LogP contribution in [0.3, 0.4) is 0 Å². The predicted molar refractivity (Wildman–Crippen MR) is 61.1 cm³/mol. The van der Waals surface area contributed by atoms with Crippen LogP contribution in [-0.2, 0) is 4.79 Å². The monoisotopic (exact) mass is 228 g/mol. The fraction of sp³-hybridized carbons (Fsp3) is 0.300. The molecule has 1 aromatic heterocycles. The van der Waals surface area contributed by atoms with Gasteiger partial charge in [0.2, 0.25) is 0 Å². The smallest absolute Gasteiger partial charge is 0.331 e. The number of carboxylic acids is 1. The molecular weight excluding hydrogens is 216 g/mol. The van der Waals surface area contributed by atoms with Crippen molar-refractivity contribution < 1.29 is 9.90 Å². The van der Waals surface area contributed by atoms with E-state index < -0.39 is 5.97 Å². The number of thiophene rings is 1. The SMILES string of the molecule is CCC(=CCSc1cccs1)C(=O)O. The second-order valence-electron chi connectivity index (χ2n) is 2.63. The second-order valence-corrected chi connectivity index (χ2v) is 4.90. The van der Waals surface area contributed by atoms with E-state index in [4.69, 9.17) is 5.11 Å². The lowest BCUT2D eigenvalue weighted by Crippen LogP contribution is -1.99. The second kappa shape index (κ2) is 5.88. The van der Waals surface area contributed by atoms with Crippen LogP contribution >= 0.6 is 23.1 Å². The first-order chi connectivity index (χ1) is 6.74.